The molecule has 1 amide bonds. The van der Waals surface area contributed by atoms with Crippen LogP contribution >= 0.6 is 11.3 Å². The number of benzene rings is 1. The van der Waals surface area contributed by atoms with E-state index in [1.165, 1.54) is 36.2 Å². The average molecular weight is 458 g/mol. The molecule has 1 aromatic carbocycles. The summed E-state index contributed by atoms with van der Waals surface area (Å²) in [6.45, 7) is 2.19. The summed E-state index contributed by atoms with van der Waals surface area (Å²) in [6.07, 6.45) is 9.18. The molecule has 1 fully saturated rings. The van der Waals surface area contributed by atoms with Gasteiger partial charge in [-0.25, -0.2) is 4.79 Å². The molecule has 0 bridgehead atoms. The van der Waals surface area contributed by atoms with Gasteiger partial charge in [0, 0.05) is 23.0 Å². The molecule has 5 nitrogen and oxygen atoms in total. The van der Waals surface area contributed by atoms with E-state index in [0.29, 0.717) is 11.3 Å². The second-order valence-electron chi connectivity index (χ2n) is 8.56. The number of aryl methyl sites for hydroxylation is 1. The Bertz CT molecular complexity index is 876. The maximum absolute atomic E-state index is 12.6. The highest BCUT2D eigenvalue weighted by molar-refractivity contribution is 7.13. The molecule has 1 saturated heterocycles. The number of carbonyl (C=O) groups excluding carboxylic acids is 2. The van der Waals surface area contributed by atoms with E-state index in [9.17, 15) is 14.7 Å². The molecule has 3 rings (SSSR count). The van der Waals surface area contributed by atoms with Crippen molar-refractivity contribution in [2.75, 3.05) is 12.0 Å². The van der Waals surface area contributed by atoms with Crippen LogP contribution in [0.25, 0.3) is 0 Å². The summed E-state index contributed by atoms with van der Waals surface area (Å²) in [7, 11) is 1.40. The Morgan fingerprint density at radius 3 is 2.66 bits per heavy atom. The molecule has 2 atom stereocenters. The van der Waals surface area contributed by atoms with Crippen LogP contribution in [0.4, 0.5) is 5.69 Å². The summed E-state index contributed by atoms with van der Waals surface area (Å²) >= 11 is 1.48. The molecule has 0 radical (unpaired) electrons. The number of hydrogen-bond donors (Lipinski definition) is 1. The van der Waals surface area contributed by atoms with Crippen molar-refractivity contribution < 1.29 is 19.4 Å². The lowest BCUT2D eigenvalue weighted by atomic mass is 10.0. The van der Waals surface area contributed by atoms with Gasteiger partial charge in [0.15, 0.2) is 0 Å². The van der Waals surface area contributed by atoms with Gasteiger partial charge in [-0.05, 0) is 61.9 Å². The van der Waals surface area contributed by atoms with Crippen molar-refractivity contribution in [3.8, 4) is 0 Å². The fourth-order valence-electron chi connectivity index (χ4n) is 4.39. The Labute approximate surface area is 195 Å². The third kappa shape index (κ3) is 6.42. The number of esters is 1. The molecule has 1 aliphatic heterocycles. The molecule has 0 aliphatic carbocycles. The largest absolute Gasteiger partial charge is 0.465 e. The van der Waals surface area contributed by atoms with E-state index < -0.39 is 6.10 Å². The van der Waals surface area contributed by atoms with Crippen LogP contribution in [0.1, 0.15) is 90.9 Å². The molecular weight excluding hydrogens is 422 g/mol. The summed E-state index contributed by atoms with van der Waals surface area (Å²) < 4.78 is 4.77. The third-order valence-corrected chi connectivity index (χ3v) is 7.35. The summed E-state index contributed by atoms with van der Waals surface area (Å²) in [5.74, 6) is -0.115. The predicted octanol–water partition coefficient (Wildman–Crippen LogP) is 6.06. The van der Waals surface area contributed by atoms with Crippen LogP contribution in [0.5, 0.6) is 0 Å². The van der Waals surface area contributed by atoms with Crippen molar-refractivity contribution in [3.63, 3.8) is 0 Å². The number of rotatable bonds is 12. The van der Waals surface area contributed by atoms with Gasteiger partial charge in [0.2, 0.25) is 5.91 Å². The molecule has 1 aromatic heterocycles. The Hall–Kier alpha value is -2.18. The summed E-state index contributed by atoms with van der Waals surface area (Å²) in [6, 6.07) is 11.9. The molecule has 2 heterocycles. The molecule has 1 unspecified atom stereocenters. The number of aliphatic hydroxyl groups excluding tert-OH is 1. The zero-order chi connectivity index (χ0) is 22.9. The number of amides is 1. The zero-order valence-corrected chi connectivity index (χ0v) is 20.0. The van der Waals surface area contributed by atoms with Crippen molar-refractivity contribution in [2.24, 2.45) is 0 Å². The molecule has 32 heavy (non-hydrogen) atoms. The fraction of sp³-hybridized carbons (Fsp3) is 0.538. The van der Waals surface area contributed by atoms with Crippen LogP contribution in [-0.4, -0.2) is 30.1 Å². The molecule has 2 aromatic rings. The second kappa shape index (κ2) is 12.2. The third-order valence-electron chi connectivity index (χ3n) is 6.22. The van der Waals surface area contributed by atoms with Gasteiger partial charge in [-0.15, -0.1) is 11.3 Å². The number of aliphatic hydroxyl groups is 1. The van der Waals surface area contributed by atoms with E-state index in [-0.39, 0.29) is 17.9 Å². The molecule has 1 N–H and O–H groups in total. The first kappa shape index (κ1) is 24.5. The Morgan fingerprint density at radius 1 is 1.16 bits per heavy atom. The number of ether oxygens (including phenoxy) is 1. The van der Waals surface area contributed by atoms with E-state index in [4.69, 9.17) is 4.74 Å². The van der Waals surface area contributed by atoms with Gasteiger partial charge in [-0.2, -0.15) is 0 Å². The monoisotopic (exact) mass is 457 g/mol. The molecule has 174 valence electrons. The van der Waals surface area contributed by atoms with Crippen molar-refractivity contribution >= 4 is 28.9 Å². The minimum absolute atomic E-state index is 0.173. The van der Waals surface area contributed by atoms with Crippen molar-refractivity contribution in [2.45, 2.75) is 83.3 Å². The lowest BCUT2D eigenvalue weighted by Gasteiger charge is -2.25. The normalized spacial score (nSPS) is 17.0. The topological polar surface area (TPSA) is 66.8 Å². The second-order valence-corrected chi connectivity index (χ2v) is 9.73. The van der Waals surface area contributed by atoms with Crippen LogP contribution in [0.2, 0.25) is 0 Å². The number of thiophene rings is 1. The van der Waals surface area contributed by atoms with Gasteiger partial charge in [-0.3, -0.25) is 4.79 Å². The average Bonchev–Trinajstić information content (AvgIpc) is 3.43. The number of nitrogens with zero attached hydrogens (tertiary/aromatic N) is 1. The van der Waals surface area contributed by atoms with Gasteiger partial charge < -0.3 is 14.7 Å². The number of unbranched alkanes of at least 4 members (excludes halogenated alkanes) is 3. The SMILES string of the molecule is CCCCCC[C@H](O)c1ccc(N2C(=O)CCC2CCCc2ccc(C(=O)OC)s2)cc1. The van der Waals surface area contributed by atoms with Gasteiger partial charge in [0.05, 0.1) is 13.2 Å². The van der Waals surface area contributed by atoms with E-state index in [1.807, 2.05) is 41.3 Å². The lowest BCUT2D eigenvalue weighted by molar-refractivity contribution is -0.117. The maximum Gasteiger partial charge on any atom is 0.348 e. The molecule has 0 spiro atoms. The van der Waals surface area contributed by atoms with Crippen LogP contribution in [0.3, 0.4) is 0 Å². The fourth-order valence-corrected chi connectivity index (χ4v) is 5.36. The number of hydrogen-bond acceptors (Lipinski definition) is 5. The van der Waals surface area contributed by atoms with Gasteiger partial charge in [0.25, 0.3) is 0 Å². The minimum atomic E-state index is -0.438. The molecule has 1 aliphatic rings. The zero-order valence-electron chi connectivity index (χ0n) is 19.2. The highest BCUT2D eigenvalue weighted by atomic mass is 32.1. The summed E-state index contributed by atoms with van der Waals surface area (Å²) in [5, 5.41) is 10.4. The first-order valence-electron chi connectivity index (χ1n) is 11.8. The Kier molecular flexibility index (Phi) is 9.30. The van der Waals surface area contributed by atoms with Gasteiger partial charge in [0.1, 0.15) is 4.88 Å². The minimum Gasteiger partial charge on any atom is -0.465 e. The van der Waals surface area contributed by atoms with Crippen LogP contribution in [-0.2, 0) is 16.0 Å². The highest BCUT2D eigenvalue weighted by Gasteiger charge is 2.31. The first-order valence-corrected chi connectivity index (χ1v) is 12.6. The van der Waals surface area contributed by atoms with E-state index in [1.54, 1.807) is 0 Å². The Morgan fingerprint density at radius 2 is 1.94 bits per heavy atom. The van der Waals surface area contributed by atoms with E-state index in [0.717, 1.165) is 56.2 Å². The van der Waals surface area contributed by atoms with Crippen LogP contribution in [0.15, 0.2) is 36.4 Å². The van der Waals surface area contributed by atoms with Crippen molar-refractivity contribution in [1.29, 1.82) is 0 Å². The predicted molar refractivity (Wildman–Crippen MR) is 129 cm³/mol. The number of carbonyl (C=O) groups is 2. The van der Waals surface area contributed by atoms with Crippen LogP contribution in [0, 0.1) is 0 Å². The quantitative estimate of drug-likeness (QED) is 0.311. The van der Waals surface area contributed by atoms with Crippen molar-refractivity contribution in [1.82, 2.24) is 0 Å². The molecule has 6 heteroatoms. The summed E-state index contributed by atoms with van der Waals surface area (Å²) in [5.41, 5.74) is 1.84. The van der Waals surface area contributed by atoms with Gasteiger partial charge >= 0.3 is 5.97 Å². The van der Waals surface area contributed by atoms with E-state index in [2.05, 4.69) is 6.92 Å². The van der Waals surface area contributed by atoms with Crippen molar-refractivity contribution in [3.05, 3.63) is 51.7 Å². The standard InChI is InChI=1S/C26H35NO4S/c1-3-4-5-6-10-23(28)19-11-13-21(14-12-19)27-20(15-18-25(27)29)8-7-9-22-16-17-24(32-22)26(30)31-2/h11-14,16-17,20,23,28H,3-10,15,18H2,1-2H3/t20?,23-/m0/s1. The molecule has 0 saturated carbocycles. The Balaban J connectivity index is 1.53. The maximum atomic E-state index is 12.6. The van der Waals surface area contributed by atoms with Gasteiger partial charge in [-0.1, -0.05) is 44.7 Å². The first-order chi connectivity index (χ1) is 15.5. The summed E-state index contributed by atoms with van der Waals surface area (Å²) in [4.78, 5) is 27.9. The molecular formula is C26H35NO4S. The number of methoxy groups -OCH3 is 1. The highest BCUT2D eigenvalue weighted by Crippen LogP contribution is 2.31. The smallest absolute Gasteiger partial charge is 0.348 e. The van der Waals surface area contributed by atoms with E-state index >= 15 is 0 Å². The lowest BCUT2D eigenvalue weighted by Crippen LogP contribution is -2.32. The van der Waals surface area contributed by atoms with Crippen LogP contribution < -0.4 is 4.90 Å². The number of anilines is 1.